The molecular formula is C73H131NO18. The Balaban J connectivity index is 1.43. The molecule has 3 rings (SSSR count). The highest BCUT2D eigenvalue weighted by Gasteiger charge is 2.53. The Hall–Kier alpha value is -2.51. The summed E-state index contributed by atoms with van der Waals surface area (Å²) in [6.45, 7) is 1.71. The summed E-state index contributed by atoms with van der Waals surface area (Å²) < 4.78 is 34.4. The van der Waals surface area contributed by atoms with Gasteiger partial charge in [-0.2, -0.15) is 0 Å². The largest absolute Gasteiger partial charge is 0.394 e. The molecule has 0 bridgehead atoms. The number of hydrogen-bond donors (Lipinski definition) is 12. The first-order chi connectivity index (χ1) is 44.8. The van der Waals surface area contributed by atoms with Crippen molar-refractivity contribution < 1.29 is 89.4 Å². The number of aliphatic hydroxyl groups excluding tert-OH is 11. The fraction of sp³-hybridized carbons (Fsp3) is 0.849. The highest BCUT2D eigenvalue weighted by Crippen LogP contribution is 2.33. The molecule has 17 unspecified atom stereocenters. The molecule has 0 radical (unpaired) electrons. The SMILES string of the molecule is CCCCCCC/C=C\C/C=C\CCCCCCCCCCCCCCCCCC(=O)NC(COC1OC(CO)C(OC2OC(CO)C(OC3OC(CO)C(O)C(O)C3O)C(O)C2O)C(O)C1O)C(O)/C=C/CC/C=C/CC/C=C/CCCCCCCCCCCC. The topological polar surface area (TPSA) is 307 Å². The second-order valence-corrected chi connectivity index (χ2v) is 26.0. The maximum Gasteiger partial charge on any atom is 0.220 e. The standard InChI is InChI=1S/C73H131NO18/c1-3-5-7-9-11-13-15-17-19-21-23-25-26-27-28-29-30-31-33-35-37-39-41-43-45-47-49-51-61(79)74-56(57(78)50-48-46-44-42-40-38-36-34-32-24-22-20-18-16-14-12-10-8-6-4-2)55-87-71-67(85)64(82)69(59(53-76)89-71)92-73-68(86)65(83)70(60(54-77)90-73)91-72-66(84)63(81)62(80)58(52-75)88-72/h15,17,21,23,32,34,40,42,48,50,56-60,62-73,75-78,80-86H,3-14,16,18-20,22,24-31,33,35-39,41,43-47,49,51-55H2,1-2H3,(H,74,79)/b17-15-,23-21-,34-32+,42-40+,50-48+. The van der Waals surface area contributed by atoms with E-state index >= 15 is 0 Å². The Bertz CT molecular complexity index is 1900. The van der Waals surface area contributed by atoms with E-state index in [0.717, 1.165) is 51.4 Å². The van der Waals surface area contributed by atoms with Crippen LogP contribution in [0.25, 0.3) is 0 Å². The lowest BCUT2D eigenvalue weighted by molar-refractivity contribution is -0.379. The first-order valence-electron chi connectivity index (χ1n) is 36.5. The van der Waals surface area contributed by atoms with Crippen LogP contribution in [0, 0.1) is 0 Å². The summed E-state index contributed by atoms with van der Waals surface area (Å²) in [5.41, 5.74) is 0. The summed E-state index contributed by atoms with van der Waals surface area (Å²) in [6, 6.07) is -0.999. The monoisotopic (exact) mass is 1310 g/mol. The van der Waals surface area contributed by atoms with E-state index < -0.39 is 124 Å². The van der Waals surface area contributed by atoms with E-state index in [-0.39, 0.29) is 18.9 Å². The van der Waals surface area contributed by atoms with Gasteiger partial charge < -0.3 is 89.9 Å². The minimum Gasteiger partial charge on any atom is -0.394 e. The number of nitrogens with one attached hydrogen (secondary N) is 1. The van der Waals surface area contributed by atoms with Gasteiger partial charge >= 0.3 is 0 Å². The lowest BCUT2D eigenvalue weighted by atomic mass is 9.96. The van der Waals surface area contributed by atoms with E-state index in [1.807, 2.05) is 6.08 Å². The molecule has 17 atom stereocenters. The van der Waals surface area contributed by atoms with E-state index in [0.29, 0.717) is 12.8 Å². The summed E-state index contributed by atoms with van der Waals surface area (Å²) in [6.07, 6.45) is 40.5. The van der Waals surface area contributed by atoms with Crippen LogP contribution in [0.3, 0.4) is 0 Å². The average molecular weight is 1310 g/mol. The molecule has 19 nitrogen and oxygen atoms in total. The fourth-order valence-corrected chi connectivity index (χ4v) is 12.1. The Morgan fingerprint density at radius 1 is 0.391 bits per heavy atom. The van der Waals surface area contributed by atoms with E-state index in [2.05, 4.69) is 67.8 Å². The molecule has 3 aliphatic heterocycles. The molecule has 536 valence electrons. The van der Waals surface area contributed by atoms with Gasteiger partial charge in [-0.25, -0.2) is 0 Å². The molecule has 3 aliphatic rings. The highest BCUT2D eigenvalue weighted by atomic mass is 16.8. The van der Waals surface area contributed by atoms with Crippen LogP contribution in [0.15, 0.2) is 60.8 Å². The number of amides is 1. The number of ether oxygens (including phenoxy) is 6. The van der Waals surface area contributed by atoms with Gasteiger partial charge in [0.05, 0.1) is 38.6 Å². The zero-order valence-corrected chi connectivity index (χ0v) is 56.8. The van der Waals surface area contributed by atoms with Gasteiger partial charge in [0.25, 0.3) is 0 Å². The quantitative estimate of drug-likeness (QED) is 0.0199. The van der Waals surface area contributed by atoms with E-state index in [4.69, 9.17) is 28.4 Å². The molecule has 0 aliphatic carbocycles. The van der Waals surface area contributed by atoms with Crippen molar-refractivity contribution in [2.45, 2.75) is 369 Å². The molecule has 1 amide bonds. The third kappa shape index (κ3) is 35.7. The van der Waals surface area contributed by atoms with Crippen LogP contribution < -0.4 is 5.32 Å². The van der Waals surface area contributed by atoms with Crippen molar-refractivity contribution >= 4 is 5.91 Å². The van der Waals surface area contributed by atoms with Crippen molar-refractivity contribution in [3.63, 3.8) is 0 Å². The Kier molecular flexibility index (Phi) is 49.6. The molecule has 12 N–H and O–H groups in total. The van der Waals surface area contributed by atoms with Gasteiger partial charge in [0, 0.05) is 6.42 Å². The summed E-state index contributed by atoms with van der Waals surface area (Å²) in [4.78, 5) is 13.4. The summed E-state index contributed by atoms with van der Waals surface area (Å²) in [5, 5.41) is 121. The molecule has 0 spiro atoms. The predicted molar refractivity (Wildman–Crippen MR) is 360 cm³/mol. The first kappa shape index (κ1) is 83.7. The molecule has 3 saturated heterocycles. The molecule has 0 aromatic carbocycles. The van der Waals surface area contributed by atoms with Gasteiger partial charge in [-0.3, -0.25) is 4.79 Å². The van der Waals surface area contributed by atoms with Crippen LogP contribution in [-0.2, 0) is 33.2 Å². The molecule has 0 aromatic rings. The van der Waals surface area contributed by atoms with Gasteiger partial charge in [0.2, 0.25) is 5.91 Å². The second-order valence-electron chi connectivity index (χ2n) is 26.0. The number of allylic oxidation sites excluding steroid dienone is 9. The normalized spacial score (nSPS) is 28.0. The Labute approximate surface area is 554 Å². The Morgan fingerprint density at radius 2 is 0.728 bits per heavy atom. The van der Waals surface area contributed by atoms with E-state index in [1.165, 1.54) is 180 Å². The molecule has 3 fully saturated rings. The molecule has 19 heteroatoms. The highest BCUT2D eigenvalue weighted by molar-refractivity contribution is 5.76. The van der Waals surface area contributed by atoms with Gasteiger partial charge in [0.15, 0.2) is 18.9 Å². The molecule has 3 heterocycles. The van der Waals surface area contributed by atoms with Crippen LogP contribution in [-0.4, -0.2) is 193 Å². The number of unbranched alkanes of at least 4 members (excludes halogenated alkanes) is 32. The third-order valence-corrected chi connectivity index (χ3v) is 18.0. The van der Waals surface area contributed by atoms with Gasteiger partial charge in [-0.1, -0.05) is 242 Å². The van der Waals surface area contributed by atoms with Gasteiger partial charge in [0.1, 0.15) is 73.2 Å². The van der Waals surface area contributed by atoms with E-state index in [9.17, 15) is 61.0 Å². The third-order valence-electron chi connectivity index (χ3n) is 18.0. The minimum atomic E-state index is -1.98. The Morgan fingerprint density at radius 3 is 1.15 bits per heavy atom. The number of hydrogen-bond acceptors (Lipinski definition) is 18. The van der Waals surface area contributed by atoms with Crippen LogP contribution in [0.1, 0.15) is 264 Å². The maximum atomic E-state index is 13.4. The zero-order valence-electron chi connectivity index (χ0n) is 56.8. The van der Waals surface area contributed by atoms with Crippen LogP contribution in [0.5, 0.6) is 0 Å². The number of aliphatic hydroxyl groups is 11. The van der Waals surface area contributed by atoms with Crippen LogP contribution >= 0.6 is 0 Å². The molecule has 0 saturated carbocycles. The lowest BCUT2D eigenvalue weighted by Crippen LogP contribution is -2.66. The van der Waals surface area contributed by atoms with Gasteiger partial charge in [-0.15, -0.1) is 0 Å². The molecule has 92 heavy (non-hydrogen) atoms. The molecular weight excluding hydrogens is 1180 g/mol. The lowest BCUT2D eigenvalue weighted by Gasteiger charge is -2.48. The number of carbonyl (C=O) groups excluding carboxylic acids is 1. The van der Waals surface area contributed by atoms with Gasteiger partial charge in [-0.05, 0) is 77.0 Å². The maximum absolute atomic E-state index is 13.4. The summed E-state index contributed by atoms with van der Waals surface area (Å²) in [5.74, 6) is -0.289. The summed E-state index contributed by atoms with van der Waals surface area (Å²) >= 11 is 0. The minimum absolute atomic E-state index is 0.231. The zero-order chi connectivity index (χ0) is 66.8. The van der Waals surface area contributed by atoms with Crippen molar-refractivity contribution in [2.75, 3.05) is 26.4 Å². The van der Waals surface area contributed by atoms with Crippen LogP contribution in [0.4, 0.5) is 0 Å². The number of rotatable bonds is 56. The van der Waals surface area contributed by atoms with Crippen molar-refractivity contribution in [1.29, 1.82) is 0 Å². The van der Waals surface area contributed by atoms with Crippen molar-refractivity contribution in [3.05, 3.63) is 60.8 Å². The van der Waals surface area contributed by atoms with Crippen molar-refractivity contribution in [1.82, 2.24) is 5.32 Å². The summed E-state index contributed by atoms with van der Waals surface area (Å²) in [7, 11) is 0. The van der Waals surface area contributed by atoms with E-state index in [1.54, 1.807) is 6.08 Å². The number of carbonyl (C=O) groups is 1. The average Bonchev–Trinajstić information content (AvgIpc) is 0.854. The van der Waals surface area contributed by atoms with Crippen molar-refractivity contribution in [2.24, 2.45) is 0 Å². The second kappa shape index (κ2) is 54.5. The molecule has 0 aromatic heterocycles. The fourth-order valence-electron chi connectivity index (χ4n) is 12.1. The smallest absolute Gasteiger partial charge is 0.220 e. The van der Waals surface area contributed by atoms with Crippen molar-refractivity contribution in [3.8, 4) is 0 Å². The van der Waals surface area contributed by atoms with Crippen LogP contribution in [0.2, 0.25) is 0 Å². The predicted octanol–water partition coefficient (Wildman–Crippen LogP) is 10.3. The first-order valence-corrected chi connectivity index (χ1v) is 36.5.